The van der Waals surface area contributed by atoms with Crippen molar-refractivity contribution in [3.63, 3.8) is 0 Å². The number of hydrogen-bond acceptors (Lipinski definition) is 3. The van der Waals surface area contributed by atoms with E-state index in [2.05, 4.69) is 4.99 Å². The number of nitrogens with zero attached hydrogens (tertiary/aromatic N) is 1. The van der Waals surface area contributed by atoms with E-state index in [1.165, 1.54) is 12.1 Å². The van der Waals surface area contributed by atoms with Crippen molar-refractivity contribution < 1.29 is 8.42 Å². The summed E-state index contributed by atoms with van der Waals surface area (Å²) in [5, 5.41) is 0.462. The van der Waals surface area contributed by atoms with E-state index in [4.69, 9.17) is 22.3 Å². The molecule has 0 saturated heterocycles. The minimum Gasteiger partial charge on any atom is -0.241 e. The van der Waals surface area contributed by atoms with Gasteiger partial charge in [-0.15, -0.1) is 0 Å². The molecule has 0 atom stereocenters. The zero-order valence-electron chi connectivity index (χ0n) is 6.87. The number of benzene rings is 1. The summed E-state index contributed by atoms with van der Waals surface area (Å²) in [6.45, 7) is 0. The zero-order chi connectivity index (χ0) is 10.3. The summed E-state index contributed by atoms with van der Waals surface area (Å²) >= 11 is 5.71. The maximum Gasteiger partial charge on any atom is 0.261 e. The van der Waals surface area contributed by atoms with Gasteiger partial charge in [0.25, 0.3) is 9.05 Å². The Labute approximate surface area is 90.8 Å². The summed E-state index contributed by atoms with van der Waals surface area (Å²) in [6.07, 6.45) is 0.555. The molecule has 0 fully saturated rings. The van der Waals surface area contributed by atoms with Crippen LogP contribution in [0, 0.1) is 0 Å². The Kier molecular flexibility index (Phi) is 2.29. The minimum absolute atomic E-state index is 0.0491. The van der Waals surface area contributed by atoms with Gasteiger partial charge in [0.05, 0.1) is 10.6 Å². The fourth-order valence-corrected chi connectivity index (χ4v) is 2.28. The standard InChI is InChI=1S/C8H5Cl2NO2S/c9-8-3-5-1-2-6(14(10,12)13)4-7(5)11-8/h1-2,4H,3H2. The SMILES string of the molecule is O=S(=O)(Cl)c1ccc2c(c1)N=C(Cl)C2. The van der Waals surface area contributed by atoms with Crippen LogP contribution in [0.5, 0.6) is 0 Å². The Hall–Kier alpha value is -0.580. The van der Waals surface area contributed by atoms with E-state index in [1.807, 2.05) is 0 Å². The summed E-state index contributed by atoms with van der Waals surface area (Å²) in [4.78, 5) is 4.03. The molecule has 1 aromatic rings. The lowest BCUT2D eigenvalue weighted by Gasteiger charge is -1.99. The molecule has 0 N–H and O–H groups in total. The Bertz CT molecular complexity index is 522. The molecule has 0 radical (unpaired) electrons. The lowest BCUT2D eigenvalue weighted by Crippen LogP contribution is -1.91. The number of rotatable bonds is 1. The molecule has 6 heteroatoms. The van der Waals surface area contributed by atoms with Crippen molar-refractivity contribution in [2.45, 2.75) is 11.3 Å². The Balaban J connectivity index is 2.57. The molecule has 0 aliphatic carbocycles. The summed E-state index contributed by atoms with van der Waals surface area (Å²) in [5.41, 5.74) is 1.50. The maximum absolute atomic E-state index is 11.0. The van der Waals surface area contributed by atoms with Crippen LogP contribution in [0.2, 0.25) is 0 Å². The molecule has 1 aromatic carbocycles. The third-order valence-corrected chi connectivity index (χ3v) is 3.49. The van der Waals surface area contributed by atoms with Crippen molar-refractivity contribution in [2.24, 2.45) is 4.99 Å². The van der Waals surface area contributed by atoms with E-state index in [9.17, 15) is 8.42 Å². The summed E-state index contributed by atoms with van der Waals surface area (Å²) in [5.74, 6) is 0. The normalized spacial score (nSPS) is 15.1. The van der Waals surface area contributed by atoms with Gasteiger partial charge < -0.3 is 0 Å². The molecule has 0 unspecified atom stereocenters. The van der Waals surface area contributed by atoms with Gasteiger partial charge in [-0.25, -0.2) is 13.4 Å². The van der Waals surface area contributed by atoms with Gasteiger partial charge in [0.1, 0.15) is 5.17 Å². The molecular weight excluding hydrogens is 245 g/mol. The van der Waals surface area contributed by atoms with Crippen LogP contribution in [-0.4, -0.2) is 13.6 Å². The van der Waals surface area contributed by atoms with Crippen molar-refractivity contribution in [3.8, 4) is 0 Å². The van der Waals surface area contributed by atoms with Crippen LogP contribution >= 0.6 is 22.3 Å². The highest BCUT2D eigenvalue weighted by molar-refractivity contribution is 8.13. The van der Waals surface area contributed by atoms with Crippen LogP contribution in [0.15, 0.2) is 28.1 Å². The summed E-state index contributed by atoms with van der Waals surface area (Å²) in [6, 6.07) is 4.54. The lowest BCUT2D eigenvalue weighted by molar-refractivity contribution is 0.609. The largest absolute Gasteiger partial charge is 0.261 e. The van der Waals surface area contributed by atoms with E-state index in [-0.39, 0.29) is 4.90 Å². The van der Waals surface area contributed by atoms with Gasteiger partial charge in [-0.05, 0) is 17.7 Å². The number of halogens is 2. The molecule has 0 aromatic heterocycles. The second-order valence-electron chi connectivity index (χ2n) is 2.89. The van der Waals surface area contributed by atoms with Crippen molar-refractivity contribution in [2.75, 3.05) is 0 Å². The van der Waals surface area contributed by atoms with Crippen molar-refractivity contribution in [1.82, 2.24) is 0 Å². The minimum atomic E-state index is -3.68. The molecule has 0 amide bonds. The third-order valence-electron chi connectivity index (χ3n) is 1.92. The molecule has 14 heavy (non-hydrogen) atoms. The topological polar surface area (TPSA) is 46.5 Å². The average molecular weight is 250 g/mol. The molecule has 2 rings (SSSR count). The first-order valence-corrected chi connectivity index (χ1v) is 6.46. The van der Waals surface area contributed by atoms with Gasteiger partial charge in [-0.2, -0.15) is 0 Å². The van der Waals surface area contributed by atoms with Gasteiger partial charge >= 0.3 is 0 Å². The average Bonchev–Trinajstić information content (AvgIpc) is 2.41. The van der Waals surface area contributed by atoms with Crippen molar-refractivity contribution in [3.05, 3.63) is 23.8 Å². The van der Waals surface area contributed by atoms with Gasteiger partial charge in [0.2, 0.25) is 0 Å². The molecule has 1 aliphatic heterocycles. The first-order chi connectivity index (χ1) is 6.47. The Morgan fingerprint density at radius 1 is 1.36 bits per heavy atom. The second-order valence-corrected chi connectivity index (χ2v) is 5.90. The first-order valence-electron chi connectivity index (χ1n) is 3.77. The highest BCUT2D eigenvalue weighted by atomic mass is 35.7. The Morgan fingerprint density at radius 3 is 2.71 bits per heavy atom. The summed E-state index contributed by atoms with van der Waals surface area (Å²) in [7, 11) is 1.51. The molecule has 74 valence electrons. The number of hydrogen-bond donors (Lipinski definition) is 0. The number of aliphatic imine (C=N–C) groups is 1. The fourth-order valence-electron chi connectivity index (χ4n) is 1.28. The van der Waals surface area contributed by atoms with Crippen LogP contribution in [-0.2, 0) is 15.5 Å². The fraction of sp³-hybridized carbons (Fsp3) is 0.125. The molecule has 0 saturated carbocycles. The molecule has 1 aliphatic rings. The monoisotopic (exact) mass is 249 g/mol. The van der Waals surface area contributed by atoms with E-state index in [0.29, 0.717) is 17.3 Å². The van der Waals surface area contributed by atoms with Crippen LogP contribution in [0.3, 0.4) is 0 Å². The van der Waals surface area contributed by atoms with Gasteiger partial charge in [-0.1, -0.05) is 17.7 Å². The number of fused-ring (bicyclic) bond motifs is 1. The molecule has 0 bridgehead atoms. The second kappa shape index (κ2) is 3.22. The van der Waals surface area contributed by atoms with Crippen molar-refractivity contribution in [1.29, 1.82) is 0 Å². The smallest absolute Gasteiger partial charge is 0.241 e. The van der Waals surface area contributed by atoms with Crippen LogP contribution in [0.25, 0.3) is 0 Å². The molecule has 0 spiro atoms. The van der Waals surface area contributed by atoms with Crippen LogP contribution in [0.1, 0.15) is 5.56 Å². The van der Waals surface area contributed by atoms with E-state index in [1.54, 1.807) is 6.07 Å². The van der Waals surface area contributed by atoms with Gasteiger partial charge in [0.15, 0.2) is 0 Å². The van der Waals surface area contributed by atoms with Gasteiger partial charge in [-0.3, -0.25) is 0 Å². The van der Waals surface area contributed by atoms with E-state index >= 15 is 0 Å². The van der Waals surface area contributed by atoms with E-state index in [0.717, 1.165) is 5.56 Å². The molecular formula is C8H5Cl2NO2S. The van der Waals surface area contributed by atoms with Crippen LogP contribution in [0.4, 0.5) is 5.69 Å². The molecule has 3 nitrogen and oxygen atoms in total. The Morgan fingerprint density at radius 2 is 2.07 bits per heavy atom. The highest BCUT2D eigenvalue weighted by Crippen LogP contribution is 2.31. The van der Waals surface area contributed by atoms with E-state index < -0.39 is 9.05 Å². The van der Waals surface area contributed by atoms with Crippen LogP contribution < -0.4 is 0 Å². The third kappa shape index (κ3) is 1.78. The highest BCUT2D eigenvalue weighted by Gasteiger charge is 2.17. The van der Waals surface area contributed by atoms with Gasteiger partial charge in [0, 0.05) is 17.1 Å². The maximum atomic E-state index is 11.0. The lowest BCUT2D eigenvalue weighted by atomic mass is 10.2. The summed E-state index contributed by atoms with van der Waals surface area (Å²) < 4.78 is 22.0. The quantitative estimate of drug-likeness (QED) is 0.718. The van der Waals surface area contributed by atoms with Crippen molar-refractivity contribution >= 4 is 42.2 Å². The predicted molar refractivity (Wildman–Crippen MR) is 56.1 cm³/mol. The zero-order valence-corrected chi connectivity index (χ0v) is 9.20. The molecule has 1 heterocycles. The first kappa shape index (κ1) is 9.96. The predicted octanol–water partition coefficient (Wildman–Crippen LogP) is 2.44.